The van der Waals surface area contributed by atoms with Crippen molar-refractivity contribution in [3.05, 3.63) is 187 Å². The minimum Gasteiger partial charge on any atom is -0.456 e. The summed E-state index contributed by atoms with van der Waals surface area (Å²) < 4.78 is 13.0. The molecule has 3 heterocycles. The van der Waals surface area contributed by atoms with Crippen LogP contribution in [0.3, 0.4) is 0 Å². The summed E-state index contributed by atoms with van der Waals surface area (Å²) in [5.41, 5.74) is 15.0. The second kappa shape index (κ2) is 13.5. The zero-order valence-corrected chi connectivity index (χ0v) is 31.9. The van der Waals surface area contributed by atoms with Gasteiger partial charge in [-0.2, -0.15) is 0 Å². The fourth-order valence-electron chi connectivity index (χ4n) is 8.53. The third kappa shape index (κ3) is 5.51. The van der Waals surface area contributed by atoms with Gasteiger partial charge in [0.2, 0.25) is 0 Å². The number of aromatic nitrogens is 3. The molecule has 0 saturated carbocycles. The molecule has 5 heteroatoms. The minimum atomic E-state index is 0.569. The number of hydrogen-bond donors (Lipinski definition) is 0. The summed E-state index contributed by atoms with van der Waals surface area (Å²) in [7, 11) is 0. The van der Waals surface area contributed by atoms with Crippen molar-refractivity contribution in [3.8, 4) is 67.5 Å². The van der Waals surface area contributed by atoms with Gasteiger partial charge in [-0.3, -0.25) is 0 Å². The van der Waals surface area contributed by atoms with Gasteiger partial charge in [-0.15, -0.1) is 0 Å². The second-order valence-electron chi connectivity index (χ2n) is 14.8. The average molecular weight is 746 g/mol. The first-order valence-electron chi connectivity index (χ1n) is 19.5. The molecular formula is C53H35N3O2. The van der Waals surface area contributed by atoms with Gasteiger partial charge >= 0.3 is 0 Å². The summed E-state index contributed by atoms with van der Waals surface area (Å²) in [6, 6.07) is 60.6. The number of para-hydroxylation sites is 1. The topological polar surface area (TPSA) is 65.0 Å². The van der Waals surface area contributed by atoms with E-state index in [1.54, 1.807) is 0 Å². The van der Waals surface area contributed by atoms with E-state index in [0.29, 0.717) is 17.5 Å². The van der Waals surface area contributed by atoms with Crippen LogP contribution in [0.25, 0.3) is 111 Å². The summed E-state index contributed by atoms with van der Waals surface area (Å²) in [6.45, 7) is 4.31. The quantitative estimate of drug-likeness (QED) is 0.170. The first-order valence-corrected chi connectivity index (χ1v) is 19.5. The lowest BCUT2D eigenvalue weighted by molar-refractivity contribution is 0.668. The van der Waals surface area contributed by atoms with Crippen molar-refractivity contribution >= 4 is 43.9 Å². The molecule has 0 N–H and O–H groups in total. The summed E-state index contributed by atoms with van der Waals surface area (Å²) >= 11 is 0. The lowest BCUT2D eigenvalue weighted by Gasteiger charge is -2.16. The molecule has 0 saturated heterocycles. The predicted molar refractivity (Wildman–Crippen MR) is 236 cm³/mol. The van der Waals surface area contributed by atoms with Crippen molar-refractivity contribution in [3.63, 3.8) is 0 Å². The van der Waals surface area contributed by atoms with Crippen LogP contribution in [0.5, 0.6) is 0 Å². The monoisotopic (exact) mass is 745 g/mol. The molecule has 0 unspecified atom stereocenters. The zero-order chi connectivity index (χ0) is 38.7. The van der Waals surface area contributed by atoms with Gasteiger partial charge in [-0.25, -0.2) is 15.0 Å². The van der Waals surface area contributed by atoms with E-state index < -0.39 is 0 Å². The highest BCUT2D eigenvalue weighted by Crippen LogP contribution is 2.45. The molecule has 0 atom stereocenters. The van der Waals surface area contributed by atoms with Crippen LogP contribution in [0, 0.1) is 13.8 Å². The highest BCUT2D eigenvalue weighted by Gasteiger charge is 2.23. The van der Waals surface area contributed by atoms with Gasteiger partial charge in [-0.1, -0.05) is 152 Å². The number of furan rings is 2. The molecule has 11 rings (SSSR count). The first kappa shape index (κ1) is 33.7. The molecule has 0 spiro atoms. The molecule has 8 aromatic carbocycles. The summed E-state index contributed by atoms with van der Waals surface area (Å²) in [5, 5.41) is 4.09. The molecule has 0 aliphatic rings. The maximum atomic E-state index is 6.65. The fraction of sp³-hybridized carbons (Fsp3) is 0.0377. The molecule has 0 fully saturated rings. The summed E-state index contributed by atoms with van der Waals surface area (Å²) in [4.78, 5) is 15.9. The van der Waals surface area contributed by atoms with Crippen molar-refractivity contribution in [2.24, 2.45) is 0 Å². The van der Waals surface area contributed by atoms with Gasteiger partial charge in [-0.05, 0) is 82.6 Å². The second-order valence-corrected chi connectivity index (χ2v) is 14.8. The third-order valence-corrected chi connectivity index (χ3v) is 11.3. The number of hydrogen-bond acceptors (Lipinski definition) is 5. The number of aryl methyl sites for hydroxylation is 2. The van der Waals surface area contributed by atoms with E-state index in [2.05, 4.69) is 147 Å². The van der Waals surface area contributed by atoms with Crippen LogP contribution in [-0.4, -0.2) is 15.0 Å². The minimum absolute atomic E-state index is 0.569. The molecule has 0 radical (unpaired) electrons. The highest BCUT2D eigenvalue weighted by atomic mass is 16.3. The third-order valence-electron chi connectivity index (χ3n) is 11.3. The first-order chi connectivity index (χ1) is 28.6. The van der Waals surface area contributed by atoms with Gasteiger partial charge in [0.05, 0.1) is 0 Å². The average Bonchev–Trinajstić information content (AvgIpc) is 3.86. The number of nitrogens with zero attached hydrogens (tertiary/aromatic N) is 3. The Morgan fingerprint density at radius 3 is 1.53 bits per heavy atom. The predicted octanol–water partition coefficient (Wildman–Crippen LogP) is 14.3. The van der Waals surface area contributed by atoms with E-state index in [1.807, 2.05) is 42.5 Å². The fourth-order valence-corrected chi connectivity index (χ4v) is 8.53. The Hall–Kier alpha value is -7.63. The molecule has 58 heavy (non-hydrogen) atoms. The Bertz CT molecular complexity index is 3360. The molecule has 0 amide bonds. The van der Waals surface area contributed by atoms with E-state index in [1.165, 1.54) is 5.56 Å². The largest absolute Gasteiger partial charge is 0.456 e. The number of rotatable bonds is 6. The Morgan fingerprint density at radius 1 is 0.310 bits per heavy atom. The van der Waals surface area contributed by atoms with Crippen LogP contribution in [-0.2, 0) is 0 Å². The Balaban J connectivity index is 1.18. The van der Waals surface area contributed by atoms with Crippen molar-refractivity contribution in [2.75, 3.05) is 0 Å². The molecule has 0 aliphatic carbocycles. The van der Waals surface area contributed by atoms with Gasteiger partial charge in [0.1, 0.15) is 22.3 Å². The van der Waals surface area contributed by atoms with E-state index in [9.17, 15) is 0 Å². The molecule has 3 aromatic heterocycles. The molecule has 274 valence electrons. The zero-order valence-electron chi connectivity index (χ0n) is 31.9. The van der Waals surface area contributed by atoms with Gasteiger partial charge in [0.15, 0.2) is 17.5 Å². The van der Waals surface area contributed by atoms with Crippen LogP contribution < -0.4 is 0 Å². The standard InChI is InChI=1S/C53H35N3O2/c1-32-14-6-7-18-37(32)47-33(2)15-10-22-41(47)52-54-51(36-30-28-35(29-31-36)34-16-4-3-5-17-34)55-53(56-52)42-23-13-27-46-50(42)49-39(21-12-26-45(49)58-46)38-20-11-25-44-48(38)40-19-8-9-24-43(40)57-44/h3-31H,1-2H3. The summed E-state index contributed by atoms with van der Waals surface area (Å²) in [5.74, 6) is 1.77. The summed E-state index contributed by atoms with van der Waals surface area (Å²) in [6.07, 6.45) is 0. The maximum absolute atomic E-state index is 6.65. The van der Waals surface area contributed by atoms with Crippen molar-refractivity contribution in [1.82, 2.24) is 15.0 Å². The lowest BCUT2D eigenvalue weighted by Crippen LogP contribution is -2.02. The van der Waals surface area contributed by atoms with Crippen LogP contribution in [0.2, 0.25) is 0 Å². The molecule has 0 bridgehead atoms. The van der Waals surface area contributed by atoms with E-state index in [0.717, 1.165) is 99.5 Å². The Labute approximate surface area is 334 Å². The maximum Gasteiger partial charge on any atom is 0.164 e. The van der Waals surface area contributed by atoms with E-state index in [-0.39, 0.29) is 0 Å². The molecule has 5 nitrogen and oxygen atoms in total. The van der Waals surface area contributed by atoms with E-state index in [4.69, 9.17) is 23.8 Å². The van der Waals surface area contributed by atoms with Gasteiger partial charge in [0.25, 0.3) is 0 Å². The van der Waals surface area contributed by atoms with E-state index >= 15 is 0 Å². The molecular weight excluding hydrogens is 711 g/mol. The van der Waals surface area contributed by atoms with Gasteiger partial charge in [0, 0.05) is 38.2 Å². The molecule has 0 aliphatic heterocycles. The Kier molecular flexibility index (Phi) is 7.86. The number of fused-ring (bicyclic) bond motifs is 6. The van der Waals surface area contributed by atoms with Crippen LogP contribution >= 0.6 is 0 Å². The SMILES string of the molecule is Cc1ccccc1-c1c(C)cccc1-c1nc(-c2ccc(-c3ccccc3)cc2)nc(-c2cccc3oc4cccc(-c5cccc6oc7ccccc7c56)c4c23)n1. The van der Waals surface area contributed by atoms with Crippen molar-refractivity contribution in [1.29, 1.82) is 0 Å². The normalized spacial score (nSPS) is 11.6. The number of benzene rings is 8. The Morgan fingerprint density at radius 2 is 0.776 bits per heavy atom. The smallest absolute Gasteiger partial charge is 0.164 e. The van der Waals surface area contributed by atoms with Crippen LogP contribution in [0.1, 0.15) is 11.1 Å². The van der Waals surface area contributed by atoms with Crippen LogP contribution in [0.15, 0.2) is 185 Å². The lowest BCUT2D eigenvalue weighted by atomic mass is 9.91. The highest BCUT2D eigenvalue weighted by molar-refractivity contribution is 6.21. The molecule has 11 aromatic rings. The van der Waals surface area contributed by atoms with Crippen molar-refractivity contribution < 1.29 is 8.83 Å². The van der Waals surface area contributed by atoms with Gasteiger partial charge < -0.3 is 8.83 Å². The van der Waals surface area contributed by atoms with Crippen LogP contribution in [0.4, 0.5) is 0 Å². The van der Waals surface area contributed by atoms with Crippen molar-refractivity contribution in [2.45, 2.75) is 13.8 Å².